The second-order valence-electron chi connectivity index (χ2n) is 3.40. The molecule has 0 amide bonds. The van der Waals surface area contributed by atoms with E-state index in [0.29, 0.717) is 11.3 Å². The van der Waals surface area contributed by atoms with E-state index in [4.69, 9.17) is 0 Å². The van der Waals surface area contributed by atoms with E-state index in [1.807, 2.05) is 0 Å². The summed E-state index contributed by atoms with van der Waals surface area (Å²) in [6.07, 6.45) is 1.44. The Bertz CT molecular complexity index is 696. The van der Waals surface area contributed by atoms with E-state index in [1.165, 1.54) is 18.3 Å². The van der Waals surface area contributed by atoms with Gasteiger partial charge in [0, 0.05) is 11.9 Å². The van der Waals surface area contributed by atoms with Gasteiger partial charge in [-0.15, -0.1) is 0 Å². The van der Waals surface area contributed by atoms with Crippen molar-refractivity contribution in [2.75, 3.05) is 0 Å². The summed E-state index contributed by atoms with van der Waals surface area (Å²) in [7, 11) is 0. The van der Waals surface area contributed by atoms with Crippen LogP contribution in [0.15, 0.2) is 32.7 Å². The van der Waals surface area contributed by atoms with E-state index in [9.17, 15) is 19.5 Å². The summed E-state index contributed by atoms with van der Waals surface area (Å²) in [6.45, 7) is 1.70. The zero-order valence-electron chi connectivity index (χ0n) is 8.35. The highest BCUT2D eigenvalue weighted by atomic mass is 16.3. The van der Waals surface area contributed by atoms with Gasteiger partial charge in [-0.3, -0.25) is 19.4 Å². The Morgan fingerprint density at radius 1 is 1.12 bits per heavy atom. The van der Waals surface area contributed by atoms with Crippen molar-refractivity contribution in [2.45, 2.75) is 6.92 Å². The molecule has 0 saturated heterocycles. The highest BCUT2D eigenvalue weighted by Crippen LogP contribution is 2.21. The first kappa shape index (κ1) is 10.2. The first-order valence-electron chi connectivity index (χ1n) is 4.52. The zero-order chi connectivity index (χ0) is 11.9. The van der Waals surface area contributed by atoms with E-state index in [1.54, 1.807) is 6.92 Å². The number of aromatic hydroxyl groups is 1. The average molecular weight is 217 g/mol. The summed E-state index contributed by atoms with van der Waals surface area (Å²) in [5.74, 6) is -0.777. The molecule has 0 fully saturated rings. The molecule has 0 bridgehead atoms. The van der Waals surface area contributed by atoms with Gasteiger partial charge in [0.05, 0.1) is 5.56 Å². The summed E-state index contributed by atoms with van der Waals surface area (Å²) in [5, 5.41) is 9.41. The van der Waals surface area contributed by atoms with Gasteiger partial charge < -0.3 is 5.11 Å². The van der Waals surface area contributed by atoms with E-state index in [2.05, 4.69) is 4.98 Å². The standard InChI is InChI=1S/C11H7NO4/c1-5-4-6(2-3-12-5)7-8(13)10(15)11(16)9(7)14/h2-4,13H,1H3. The molecule has 0 aliphatic rings. The van der Waals surface area contributed by atoms with Crippen LogP contribution in [0.2, 0.25) is 0 Å². The number of rotatable bonds is 1. The number of pyridine rings is 1. The molecule has 1 aromatic heterocycles. The quantitative estimate of drug-likeness (QED) is 0.664. The van der Waals surface area contributed by atoms with Gasteiger partial charge in [-0.25, -0.2) is 0 Å². The third-order valence-corrected chi connectivity index (χ3v) is 2.28. The van der Waals surface area contributed by atoms with Crippen molar-refractivity contribution in [1.82, 2.24) is 4.98 Å². The van der Waals surface area contributed by atoms with Crippen molar-refractivity contribution in [3.63, 3.8) is 0 Å². The molecule has 1 aromatic carbocycles. The van der Waals surface area contributed by atoms with Crippen LogP contribution < -0.4 is 16.3 Å². The summed E-state index contributed by atoms with van der Waals surface area (Å²) in [6, 6.07) is 2.98. The summed E-state index contributed by atoms with van der Waals surface area (Å²) >= 11 is 0. The van der Waals surface area contributed by atoms with E-state index in [0.717, 1.165) is 0 Å². The highest BCUT2D eigenvalue weighted by molar-refractivity contribution is 5.70. The molecular formula is C11H7NO4. The van der Waals surface area contributed by atoms with Crippen molar-refractivity contribution in [3.05, 3.63) is 54.7 Å². The smallest absolute Gasteiger partial charge is 0.277 e. The molecule has 16 heavy (non-hydrogen) atoms. The zero-order valence-corrected chi connectivity index (χ0v) is 8.35. The predicted molar refractivity (Wildman–Crippen MR) is 57.3 cm³/mol. The Morgan fingerprint density at radius 3 is 2.31 bits per heavy atom. The minimum Gasteiger partial charge on any atom is -0.503 e. The van der Waals surface area contributed by atoms with Gasteiger partial charge in [0.25, 0.3) is 10.9 Å². The largest absolute Gasteiger partial charge is 0.503 e. The summed E-state index contributed by atoms with van der Waals surface area (Å²) in [4.78, 5) is 37.5. The fourth-order valence-electron chi connectivity index (χ4n) is 1.51. The first-order valence-corrected chi connectivity index (χ1v) is 4.52. The van der Waals surface area contributed by atoms with Crippen molar-refractivity contribution in [1.29, 1.82) is 0 Å². The van der Waals surface area contributed by atoms with Crippen molar-refractivity contribution in [2.24, 2.45) is 0 Å². The van der Waals surface area contributed by atoms with Crippen molar-refractivity contribution in [3.8, 4) is 16.9 Å². The Hall–Kier alpha value is -2.30. The maximum atomic E-state index is 11.4. The summed E-state index contributed by atoms with van der Waals surface area (Å²) in [5.41, 5.74) is -2.59. The predicted octanol–water partition coefficient (Wildman–Crippen LogP) is -0.281. The van der Waals surface area contributed by atoms with Crippen LogP contribution in [0, 0.1) is 6.92 Å². The van der Waals surface area contributed by atoms with Crippen LogP contribution >= 0.6 is 0 Å². The van der Waals surface area contributed by atoms with Crippen LogP contribution in [-0.2, 0) is 0 Å². The SMILES string of the molecule is Cc1cc(-c2c(O)c(=O)c(=O)c2=O)ccn1. The van der Waals surface area contributed by atoms with Crippen LogP contribution in [0.1, 0.15) is 5.69 Å². The third kappa shape index (κ3) is 1.33. The molecule has 1 heterocycles. The Morgan fingerprint density at radius 2 is 1.81 bits per heavy atom. The lowest BCUT2D eigenvalue weighted by atomic mass is 10.1. The van der Waals surface area contributed by atoms with Gasteiger partial charge in [-0.1, -0.05) is 0 Å². The molecule has 0 unspecified atom stereocenters. The monoisotopic (exact) mass is 217 g/mol. The van der Waals surface area contributed by atoms with Crippen LogP contribution in [-0.4, -0.2) is 10.1 Å². The molecule has 1 N–H and O–H groups in total. The second-order valence-corrected chi connectivity index (χ2v) is 3.40. The van der Waals surface area contributed by atoms with Crippen molar-refractivity contribution < 1.29 is 5.11 Å². The Balaban J connectivity index is 2.85. The molecule has 5 nitrogen and oxygen atoms in total. The fraction of sp³-hybridized carbons (Fsp3) is 0.0909. The number of aromatic nitrogens is 1. The molecule has 0 saturated carbocycles. The molecule has 0 spiro atoms. The molecule has 2 rings (SSSR count). The topological polar surface area (TPSA) is 84.3 Å². The fourth-order valence-corrected chi connectivity index (χ4v) is 1.51. The molecule has 0 atom stereocenters. The lowest BCUT2D eigenvalue weighted by molar-refractivity contribution is 0.474. The van der Waals surface area contributed by atoms with Crippen LogP contribution in [0.25, 0.3) is 11.1 Å². The van der Waals surface area contributed by atoms with Gasteiger partial charge in [0.1, 0.15) is 0 Å². The van der Waals surface area contributed by atoms with Gasteiger partial charge in [0.2, 0.25) is 5.43 Å². The van der Waals surface area contributed by atoms with Crippen LogP contribution in [0.4, 0.5) is 0 Å². The number of nitrogens with zero attached hydrogens (tertiary/aromatic N) is 1. The average Bonchev–Trinajstić information content (AvgIpc) is 2.44. The molecule has 0 aliphatic carbocycles. The number of aryl methyl sites for hydroxylation is 1. The maximum Gasteiger partial charge on any atom is 0.277 e. The Labute approximate surface area is 89.3 Å². The molecule has 0 radical (unpaired) electrons. The highest BCUT2D eigenvalue weighted by Gasteiger charge is 2.20. The van der Waals surface area contributed by atoms with Gasteiger partial charge >= 0.3 is 0 Å². The van der Waals surface area contributed by atoms with E-state index in [-0.39, 0.29) is 5.56 Å². The van der Waals surface area contributed by atoms with Crippen molar-refractivity contribution >= 4 is 0 Å². The lowest BCUT2D eigenvalue weighted by Gasteiger charge is -1.98. The molecular weight excluding hydrogens is 210 g/mol. The Kier molecular flexibility index (Phi) is 2.16. The van der Waals surface area contributed by atoms with Gasteiger partial charge in [-0.2, -0.15) is 0 Å². The minimum atomic E-state index is -1.19. The molecule has 80 valence electrons. The van der Waals surface area contributed by atoms with Gasteiger partial charge in [-0.05, 0) is 24.6 Å². The number of hydrogen-bond donors (Lipinski definition) is 1. The van der Waals surface area contributed by atoms with Crippen LogP contribution in [0.3, 0.4) is 0 Å². The minimum absolute atomic E-state index is 0.236. The molecule has 5 heteroatoms. The normalized spacial score (nSPS) is 10.6. The lowest BCUT2D eigenvalue weighted by Crippen LogP contribution is -2.29. The maximum absolute atomic E-state index is 11.4. The summed E-state index contributed by atoms with van der Waals surface area (Å²) < 4.78 is 0. The van der Waals surface area contributed by atoms with Gasteiger partial charge in [0.15, 0.2) is 5.75 Å². The van der Waals surface area contributed by atoms with Crippen LogP contribution in [0.5, 0.6) is 5.75 Å². The third-order valence-electron chi connectivity index (χ3n) is 2.28. The first-order chi connectivity index (χ1) is 7.52. The molecule has 2 aromatic rings. The van der Waals surface area contributed by atoms with E-state index < -0.39 is 22.0 Å². The molecule has 0 aliphatic heterocycles. The van der Waals surface area contributed by atoms with E-state index >= 15 is 0 Å². The number of hydrogen-bond acceptors (Lipinski definition) is 5. The second kappa shape index (κ2) is 3.37.